The molecule has 0 unspecified atom stereocenters. The first-order valence-electron chi connectivity index (χ1n) is 8.39. The normalized spacial score (nSPS) is 11.2. The number of hydrogen-bond acceptors (Lipinski definition) is 5. The Hall–Kier alpha value is -2.93. The molecule has 0 aliphatic rings. The minimum atomic E-state index is -0.397. The average Bonchev–Trinajstić information content (AvgIpc) is 3.35. The fraction of sp³-hybridized carbons (Fsp3) is 0.211. The second kappa shape index (κ2) is 6.76. The summed E-state index contributed by atoms with van der Waals surface area (Å²) in [6, 6.07) is 14.0. The van der Waals surface area contributed by atoms with Crippen molar-refractivity contribution in [3.63, 3.8) is 0 Å². The average molecular weight is 366 g/mol. The van der Waals surface area contributed by atoms with Gasteiger partial charge in [0.2, 0.25) is 0 Å². The van der Waals surface area contributed by atoms with Crippen LogP contribution in [0.4, 0.5) is 0 Å². The molecule has 0 saturated heterocycles. The van der Waals surface area contributed by atoms with Crippen molar-refractivity contribution in [2.75, 3.05) is 6.61 Å². The van der Waals surface area contributed by atoms with E-state index < -0.39 is 5.97 Å². The van der Waals surface area contributed by atoms with E-state index in [1.165, 1.54) is 0 Å². The quantitative estimate of drug-likeness (QED) is 0.504. The van der Waals surface area contributed by atoms with Crippen LogP contribution < -0.4 is 0 Å². The topological polar surface area (TPSA) is 61.4 Å². The molecule has 4 rings (SSSR count). The second-order valence-corrected chi connectivity index (χ2v) is 6.86. The van der Waals surface area contributed by atoms with Crippen LogP contribution in [0.15, 0.2) is 47.8 Å². The molecule has 0 radical (unpaired) electrons. The van der Waals surface area contributed by atoms with Crippen LogP contribution in [-0.4, -0.2) is 32.0 Å². The number of thiophene rings is 1. The van der Waals surface area contributed by atoms with Crippen molar-refractivity contribution in [1.82, 2.24) is 19.4 Å². The van der Waals surface area contributed by atoms with Crippen LogP contribution >= 0.6 is 11.3 Å². The maximum Gasteiger partial charge on any atom is 0.358 e. The molecule has 132 valence electrons. The molecule has 7 heteroatoms. The van der Waals surface area contributed by atoms with E-state index >= 15 is 0 Å². The summed E-state index contributed by atoms with van der Waals surface area (Å²) in [4.78, 5) is 13.0. The van der Waals surface area contributed by atoms with Crippen molar-refractivity contribution in [3.8, 4) is 10.6 Å². The summed E-state index contributed by atoms with van der Waals surface area (Å²) in [6.45, 7) is 4.57. The first-order valence-corrected chi connectivity index (χ1v) is 9.27. The largest absolute Gasteiger partial charge is 0.461 e. The maximum atomic E-state index is 11.9. The van der Waals surface area contributed by atoms with E-state index in [0.717, 1.165) is 27.5 Å². The van der Waals surface area contributed by atoms with Gasteiger partial charge < -0.3 is 4.74 Å². The van der Waals surface area contributed by atoms with Gasteiger partial charge in [-0.3, -0.25) is 4.68 Å². The predicted molar refractivity (Wildman–Crippen MR) is 101 cm³/mol. The lowest BCUT2D eigenvalue weighted by atomic mass is 10.3. The highest BCUT2D eigenvalue weighted by Crippen LogP contribution is 2.25. The summed E-state index contributed by atoms with van der Waals surface area (Å²) < 4.78 is 8.76. The van der Waals surface area contributed by atoms with E-state index in [1.807, 2.05) is 41.1 Å². The molecule has 0 bridgehead atoms. The van der Waals surface area contributed by atoms with Crippen molar-refractivity contribution in [3.05, 3.63) is 64.9 Å². The zero-order valence-corrected chi connectivity index (χ0v) is 15.4. The number of esters is 1. The van der Waals surface area contributed by atoms with E-state index in [0.29, 0.717) is 18.8 Å². The Morgan fingerprint density at radius 3 is 2.85 bits per heavy atom. The number of nitrogens with zero attached hydrogens (tertiary/aromatic N) is 4. The number of aryl methyl sites for hydroxylation is 1. The molecular weight excluding hydrogens is 348 g/mol. The minimum Gasteiger partial charge on any atom is -0.461 e. The first-order chi connectivity index (χ1) is 12.7. The lowest BCUT2D eigenvalue weighted by Gasteiger charge is -2.07. The Balaban J connectivity index is 1.68. The molecule has 0 aliphatic heterocycles. The maximum absolute atomic E-state index is 11.9. The van der Waals surface area contributed by atoms with Gasteiger partial charge in [0.05, 0.1) is 29.2 Å². The standard InChI is InChI=1S/C19H18N4O2S/c1-3-25-19(24)17-10-13(2)22(20-17)12-15-7-4-6-14-11-16(21-23(14)15)18-8-5-9-26-18/h4-11H,3,12H2,1-2H3. The zero-order chi connectivity index (χ0) is 18.1. The monoisotopic (exact) mass is 366 g/mol. The molecule has 0 N–H and O–H groups in total. The van der Waals surface area contributed by atoms with Crippen molar-refractivity contribution >= 4 is 22.8 Å². The third-order valence-electron chi connectivity index (χ3n) is 4.12. The van der Waals surface area contributed by atoms with Gasteiger partial charge in [0, 0.05) is 5.69 Å². The van der Waals surface area contributed by atoms with E-state index in [2.05, 4.69) is 17.2 Å². The highest BCUT2D eigenvalue weighted by atomic mass is 32.1. The van der Waals surface area contributed by atoms with Gasteiger partial charge in [-0.05, 0) is 49.6 Å². The first kappa shape index (κ1) is 16.5. The molecule has 0 fully saturated rings. The Kier molecular flexibility index (Phi) is 4.30. The van der Waals surface area contributed by atoms with E-state index in [4.69, 9.17) is 9.84 Å². The zero-order valence-electron chi connectivity index (χ0n) is 14.5. The number of rotatable bonds is 5. The minimum absolute atomic E-state index is 0.330. The molecule has 0 atom stereocenters. The van der Waals surface area contributed by atoms with Gasteiger partial charge in [-0.25, -0.2) is 9.31 Å². The van der Waals surface area contributed by atoms with Crippen LogP contribution in [0.3, 0.4) is 0 Å². The summed E-state index contributed by atoms with van der Waals surface area (Å²) in [5, 5.41) is 11.2. The lowest BCUT2D eigenvalue weighted by Crippen LogP contribution is -2.10. The number of hydrogen-bond donors (Lipinski definition) is 0. The molecule has 0 saturated carbocycles. The SMILES string of the molecule is CCOC(=O)c1cc(C)n(Cc2cccc3cc(-c4cccs4)nn23)n1. The number of ether oxygens (including phenoxy) is 1. The second-order valence-electron chi connectivity index (χ2n) is 5.91. The number of carbonyl (C=O) groups is 1. The molecule has 26 heavy (non-hydrogen) atoms. The van der Waals surface area contributed by atoms with Crippen molar-refractivity contribution in [2.24, 2.45) is 0 Å². The molecule has 4 aromatic heterocycles. The van der Waals surface area contributed by atoms with Crippen LogP contribution in [-0.2, 0) is 11.3 Å². The van der Waals surface area contributed by atoms with Gasteiger partial charge in [0.25, 0.3) is 0 Å². The number of fused-ring (bicyclic) bond motifs is 1. The van der Waals surface area contributed by atoms with Gasteiger partial charge in [-0.2, -0.15) is 10.2 Å². The van der Waals surface area contributed by atoms with Gasteiger partial charge in [-0.1, -0.05) is 12.1 Å². The van der Waals surface area contributed by atoms with Crippen molar-refractivity contribution < 1.29 is 9.53 Å². The highest BCUT2D eigenvalue weighted by Gasteiger charge is 2.15. The lowest BCUT2D eigenvalue weighted by molar-refractivity contribution is 0.0518. The summed E-state index contributed by atoms with van der Waals surface area (Å²) in [6.07, 6.45) is 0. The number of pyridine rings is 1. The van der Waals surface area contributed by atoms with E-state index in [9.17, 15) is 4.79 Å². The Morgan fingerprint density at radius 1 is 1.19 bits per heavy atom. The van der Waals surface area contributed by atoms with Crippen molar-refractivity contribution in [2.45, 2.75) is 20.4 Å². The summed E-state index contributed by atoms with van der Waals surface area (Å²) >= 11 is 1.67. The number of carbonyl (C=O) groups excluding carboxylic acids is 1. The summed E-state index contributed by atoms with van der Waals surface area (Å²) in [7, 11) is 0. The van der Waals surface area contributed by atoms with Gasteiger partial charge in [0.1, 0.15) is 5.69 Å². The molecule has 0 spiro atoms. The third kappa shape index (κ3) is 3.01. The Labute approximate surface area is 154 Å². The van der Waals surface area contributed by atoms with E-state index in [-0.39, 0.29) is 0 Å². The van der Waals surface area contributed by atoms with Crippen LogP contribution in [0.5, 0.6) is 0 Å². The molecule has 4 heterocycles. The van der Waals surface area contributed by atoms with Crippen LogP contribution in [0.25, 0.3) is 16.1 Å². The van der Waals surface area contributed by atoms with Crippen molar-refractivity contribution in [1.29, 1.82) is 0 Å². The molecule has 6 nitrogen and oxygen atoms in total. The fourth-order valence-corrected chi connectivity index (χ4v) is 3.55. The van der Waals surface area contributed by atoms with Crippen LogP contribution in [0.2, 0.25) is 0 Å². The summed E-state index contributed by atoms with van der Waals surface area (Å²) in [5.41, 5.74) is 4.21. The molecule has 0 aromatic carbocycles. The summed E-state index contributed by atoms with van der Waals surface area (Å²) in [5.74, 6) is -0.397. The molecule has 0 amide bonds. The molecule has 0 aliphatic carbocycles. The fourth-order valence-electron chi connectivity index (χ4n) is 2.87. The Morgan fingerprint density at radius 2 is 2.08 bits per heavy atom. The Bertz CT molecular complexity index is 1060. The van der Waals surface area contributed by atoms with Crippen LogP contribution in [0, 0.1) is 6.92 Å². The molecular formula is C19H18N4O2S. The smallest absolute Gasteiger partial charge is 0.358 e. The van der Waals surface area contributed by atoms with Gasteiger partial charge >= 0.3 is 5.97 Å². The van der Waals surface area contributed by atoms with E-state index in [1.54, 1.807) is 29.0 Å². The van der Waals surface area contributed by atoms with Gasteiger partial charge in [-0.15, -0.1) is 11.3 Å². The third-order valence-corrected chi connectivity index (χ3v) is 5.01. The highest BCUT2D eigenvalue weighted by molar-refractivity contribution is 7.13. The predicted octanol–water partition coefficient (Wildman–Crippen LogP) is 3.79. The van der Waals surface area contributed by atoms with Gasteiger partial charge in [0.15, 0.2) is 5.69 Å². The number of aromatic nitrogens is 4. The molecule has 4 aromatic rings. The van der Waals surface area contributed by atoms with Crippen LogP contribution in [0.1, 0.15) is 28.8 Å².